The zero-order valence-corrected chi connectivity index (χ0v) is 19.4. The second-order valence-electron chi connectivity index (χ2n) is 7.51. The third-order valence-corrected chi connectivity index (χ3v) is 5.67. The fraction of sp³-hybridized carbons (Fsp3) is 0.222. The Morgan fingerprint density at radius 3 is 1.58 bits per heavy atom. The molecule has 0 amide bonds. The van der Waals surface area contributed by atoms with Crippen LogP contribution in [0.5, 0.6) is 11.5 Å². The lowest BCUT2D eigenvalue weighted by Crippen LogP contribution is -2.21. The van der Waals surface area contributed by atoms with E-state index in [0.29, 0.717) is 11.5 Å². The van der Waals surface area contributed by atoms with Gasteiger partial charge in [-0.25, -0.2) is 4.98 Å². The first kappa shape index (κ1) is 22.3. The summed E-state index contributed by atoms with van der Waals surface area (Å²) in [6, 6.07) is 23.9. The van der Waals surface area contributed by atoms with Crippen LogP contribution < -0.4 is 14.4 Å². The summed E-state index contributed by atoms with van der Waals surface area (Å²) < 4.78 is 10.6. The quantitative estimate of drug-likeness (QED) is 0.348. The molecule has 0 radical (unpaired) electrons. The maximum absolute atomic E-state index is 5.32. The number of hydrogen-bond acceptors (Lipinski definition) is 6. The van der Waals surface area contributed by atoms with Gasteiger partial charge in [0.25, 0.3) is 0 Å². The summed E-state index contributed by atoms with van der Waals surface area (Å²) in [7, 11) is 3.31. The maximum atomic E-state index is 5.32. The van der Waals surface area contributed by atoms with E-state index in [-0.39, 0.29) is 0 Å². The fourth-order valence-electron chi connectivity index (χ4n) is 3.75. The van der Waals surface area contributed by atoms with E-state index in [1.807, 2.05) is 48.5 Å². The minimum Gasteiger partial charge on any atom is -0.497 e. The SMILES string of the molecule is CCN(CC)c1ccc(-c2nnc(-c3ccc(OC)cc3)c(-c3ccc(OC)cc3)n2)cc1. The molecule has 33 heavy (non-hydrogen) atoms. The van der Waals surface area contributed by atoms with Crippen LogP contribution in [0.2, 0.25) is 0 Å². The molecule has 0 aliphatic heterocycles. The Hall–Kier alpha value is -3.93. The van der Waals surface area contributed by atoms with Crippen molar-refractivity contribution in [1.82, 2.24) is 15.2 Å². The molecular formula is C27H28N4O2. The number of ether oxygens (including phenoxy) is 2. The van der Waals surface area contributed by atoms with E-state index >= 15 is 0 Å². The predicted molar refractivity (Wildman–Crippen MR) is 133 cm³/mol. The monoisotopic (exact) mass is 440 g/mol. The van der Waals surface area contributed by atoms with Gasteiger partial charge in [-0.1, -0.05) is 0 Å². The lowest BCUT2D eigenvalue weighted by molar-refractivity contribution is 0.414. The molecule has 0 saturated carbocycles. The van der Waals surface area contributed by atoms with Crippen LogP contribution in [0.1, 0.15) is 13.8 Å². The van der Waals surface area contributed by atoms with Gasteiger partial charge < -0.3 is 14.4 Å². The standard InChI is InChI=1S/C27H28N4O2/c1-5-31(6-2)22-13-7-21(8-14-22)27-28-25(19-9-15-23(32-3)16-10-19)26(29-30-27)20-11-17-24(33-4)18-12-20/h7-18H,5-6H2,1-4H3. The molecule has 1 heterocycles. The Morgan fingerprint density at radius 2 is 1.09 bits per heavy atom. The molecule has 0 aliphatic carbocycles. The fourth-order valence-corrected chi connectivity index (χ4v) is 3.75. The Balaban J connectivity index is 1.78. The van der Waals surface area contributed by atoms with Crippen molar-refractivity contribution in [2.24, 2.45) is 0 Å². The maximum Gasteiger partial charge on any atom is 0.182 e. The Morgan fingerprint density at radius 1 is 0.606 bits per heavy atom. The van der Waals surface area contributed by atoms with Crippen molar-refractivity contribution in [3.63, 3.8) is 0 Å². The topological polar surface area (TPSA) is 60.4 Å². The Labute approximate surface area is 194 Å². The van der Waals surface area contributed by atoms with Crippen LogP contribution in [0.3, 0.4) is 0 Å². The van der Waals surface area contributed by atoms with Gasteiger partial charge in [0.1, 0.15) is 22.9 Å². The highest BCUT2D eigenvalue weighted by Gasteiger charge is 2.15. The summed E-state index contributed by atoms with van der Waals surface area (Å²) in [5.41, 5.74) is 5.45. The van der Waals surface area contributed by atoms with Gasteiger partial charge in [0.05, 0.1) is 14.2 Å². The lowest BCUT2D eigenvalue weighted by atomic mass is 10.0. The van der Waals surface area contributed by atoms with Gasteiger partial charge in [-0.05, 0) is 86.6 Å². The minimum atomic E-state index is 0.587. The molecule has 6 heteroatoms. The molecule has 4 aromatic rings. The minimum absolute atomic E-state index is 0.587. The molecule has 4 rings (SSSR count). The zero-order chi connectivity index (χ0) is 23.2. The number of hydrogen-bond donors (Lipinski definition) is 0. The number of aromatic nitrogens is 3. The van der Waals surface area contributed by atoms with E-state index < -0.39 is 0 Å². The van der Waals surface area contributed by atoms with Crippen molar-refractivity contribution in [1.29, 1.82) is 0 Å². The van der Waals surface area contributed by atoms with Crippen LogP contribution in [-0.2, 0) is 0 Å². The highest BCUT2D eigenvalue weighted by atomic mass is 16.5. The molecule has 0 aliphatic rings. The van der Waals surface area contributed by atoms with Crippen molar-refractivity contribution < 1.29 is 9.47 Å². The molecule has 0 N–H and O–H groups in total. The van der Waals surface area contributed by atoms with E-state index in [4.69, 9.17) is 14.5 Å². The molecule has 0 unspecified atom stereocenters. The molecule has 1 aromatic heterocycles. The number of benzene rings is 3. The van der Waals surface area contributed by atoms with Crippen LogP contribution in [0.15, 0.2) is 72.8 Å². The van der Waals surface area contributed by atoms with Gasteiger partial charge in [-0.3, -0.25) is 0 Å². The number of nitrogens with zero attached hydrogens (tertiary/aromatic N) is 4. The van der Waals surface area contributed by atoms with E-state index in [1.165, 1.54) is 5.69 Å². The largest absolute Gasteiger partial charge is 0.497 e. The number of anilines is 1. The zero-order valence-electron chi connectivity index (χ0n) is 19.4. The average molecular weight is 441 g/mol. The molecule has 0 spiro atoms. The Bertz CT molecular complexity index is 1190. The molecule has 0 saturated heterocycles. The smallest absolute Gasteiger partial charge is 0.182 e. The van der Waals surface area contributed by atoms with E-state index in [1.54, 1.807) is 14.2 Å². The highest BCUT2D eigenvalue weighted by molar-refractivity contribution is 5.79. The summed E-state index contributed by atoms with van der Waals surface area (Å²) in [4.78, 5) is 7.25. The highest BCUT2D eigenvalue weighted by Crippen LogP contribution is 2.32. The van der Waals surface area contributed by atoms with Crippen LogP contribution in [0.4, 0.5) is 5.69 Å². The second kappa shape index (κ2) is 10.1. The van der Waals surface area contributed by atoms with E-state index in [2.05, 4.69) is 53.2 Å². The molecular weight excluding hydrogens is 412 g/mol. The van der Waals surface area contributed by atoms with Gasteiger partial charge in [0, 0.05) is 35.5 Å². The van der Waals surface area contributed by atoms with Crippen molar-refractivity contribution in [3.8, 4) is 45.4 Å². The summed E-state index contributed by atoms with van der Waals surface area (Å²) in [6.45, 7) is 6.24. The second-order valence-corrected chi connectivity index (χ2v) is 7.51. The first-order chi connectivity index (χ1) is 16.2. The molecule has 3 aromatic carbocycles. The summed E-state index contributed by atoms with van der Waals surface area (Å²) >= 11 is 0. The van der Waals surface area contributed by atoms with Crippen molar-refractivity contribution in [3.05, 3.63) is 72.8 Å². The van der Waals surface area contributed by atoms with Gasteiger partial charge in [-0.2, -0.15) is 0 Å². The van der Waals surface area contributed by atoms with Gasteiger partial charge in [0.2, 0.25) is 0 Å². The summed E-state index contributed by atoms with van der Waals surface area (Å²) in [5, 5.41) is 9.07. The third-order valence-electron chi connectivity index (χ3n) is 5.67. The van der Waals surface area contributed by atoms with Crippen LogP contribution >= 0.6 is 0 Å². The molecule has 0 fully saturated rings. The molecule has 0 bridgehead atoms. The van der Waals surface area contributed by atoms with Gasteiger partial charge >= 0.3 is 0 Å². The molecule has 0 atom stereocenters. The van der Waals surface area contributed by atoms with Crippen LogP contribution in [0.25, 0.3) is 33.9 Å². The number of rotatable bonds is 8. The van der Waals surface area contributed by atoms with Gasteiger partial charge in [0.15, 0.2) is 5.82 Å². The number of methoxy groups -OCH3 is 2. The average Bonchev–Trinajstić information content (AvgIpc) is 2.89. The summed E-state index contributed by atoms with van der Waals surface area (Å²) in [6.07, 6.45) is 0. The normalized spacial score (nSPS) is 10.7. The third kappa shape index (κ3) is 4.80. The van der Waals surface area contributed by atoms with Crippen LogP contribution in [0, 0.1) is 0 Å². The first-order valence-corrected chi connectivity index (χ1v) is 11.1. The van der Waals surface area contributed by atoms with Crippen LogP contribution in [-0.4, -0.2) is 42.5 Å². The van der Waals surface area contributed by atoms with Crippen molar-refractivity contribution in [2.45, 2.75) is 13.8 Å². The van der Waals surface area contributed by atoms with Crippen molar-refractivity contribution >= 4 is 5.69 Å². The lowest BCUT2D eigenvalue weighted by Gasteiger charge is -2.21. The Kier molecular flexibility index (Phi) is 6.83. The summed E-state index contributed by atoms with van der Waals surface area (Å²) in [5.74, 6) is 2.17. The van der Waals surface area contributed by atoms with Crippen molar-refractivity contribution in [2.75, 3.05) is 32.2 Å². The van der Waals surface area contributed by atoms with E-state index in [9.17, 15) is 0 Å². The molecule has 6 nitrogen and oxygen atoms in total. The first-order valence-electron chi connectivity index (χ1n) is 11.1. The molecule has 168 valence electrons. The predicted octanol–water partition coefficient (Wildman–Crippen LogP) is 5.74. The van der Waals surface area contributed by atoms with E-state index in [0.717, 1.165) is 47.0 Å². The van der Waals surface area contributed by atoms with Gasteiger partial charge in [-0.15, -0.1) is 10.2 Å².